The average molecular weight is 576 g/mol. The van der Waals surface area contributed by atoms with Gasteiger partial charge in [0.15, 0.2) is 5.82 Å². The molecule has 0 aliphatic rings. The lowest BCUT2D eigenvalue weighted by molar-refractivity contribution is 0.102. The average Bonchev–Trinajstić information content (AvgIpc) is 3.12. The summed E-state index contributed by atoms with van der Waals surface area (Å²) in [6.45, 7) is 0.922. The van der Waals surface area contributed by atoms with Gasteiger partial charge in [-0.2, -0.15) is 5.10 Å². The normalized spacial score (nSPS) is 10.7. The number of anilines is 1. The molecule has 0 atom stereocenters. The lowest BCUT2D eigenvalue weighted by Gasteiger charge is -2.08. The van der Waals surface area contributed by atoms with E-state index in [4.69, 9.17) is 16.3 Å². The molecule has 4 rings (SSSR count). The van der Waals surface area contributed by atoms with Gasteiger partial charge in [0.2, 0.25) is 0 Å². The van der Waals surface area contributed by atoms with Gasteiger partial charge in [0.25, 0.3) is 5.91 Å². The van der Waals surface area contributed by atoms with Crippen molar-refractivity contribution in [1.29, 1.82) is 0 Å². The molecule has 1 amide bonds. The Labute approximate surface area is 207 Å². The maximum absolute atomic E-state index is 12.8. The van der Waals surface area contributed by atoms with Crippen LogP contribution in [0.2, 0.25) is 5.02 Å². The zero-order valence-electron chi connectivity index (χ0n) is 16.8. The highest BCUT2D eigenvalue weighted by Gasteiger charge is 2.13. The summed E-state index contributed by atoms with van der Waals surface area (Å²) in [5.74, 6) is 0.968. The van der Waals surface area contributed by atoms with Crippen LogP contribution in [0.15, 0.2) is 87.9 Å². The monoisotopic (exact) mass is 573 g/mol. The van der Waals surface area contributed by atoms with Crippen molar-refractivity contribution in [2.24, 2.45) is 0 Å². The largest absolute Gasteiger partial charge is 0.489 e. The van der Waals surface area contributed by atoms with E-state index in [1.807, 2.05) is 72.9 Å². The number of hydrogen-bond acceptors (Lipinski definition) is 3. The number of aromatic nitrogens is 2. The number of rotatable bonds is 7. The van der Waals surface area contributed by atoms with E-state index in [2.05, 4.69) is 42.3 Å². The lowest BCUT2D eigenvalue weighted by Crippen LogP contribution is -2.13. The second-order valence-corrected chi connectivity index (χ2v) is 9.26. The van der Waals surface area contributed by atoms with Crippen LogP contribution in [-0.4, -0.2) is 15.7 Å². The molecule has 0 saturated heterocycles. The van der Waals surface area contributed by atoms with Crippen molar-refractivity contribution in [3.8, 4) is 5.75 Å². The van der Waals surface area contributed by atoms with Gasteiger partial charge in [0.05, 0.1) is 11.0 Å². The summed E-state index contributed by atoms with van der Waals surface area (Å²) in [6.07, 6.45) is 1.83. The molecular formula is C24H18Br2ClN3O2. The van der Waals surface area contributed by atoms with Crippen molar-refractivity contribution in [1.82, 2.24) is 9.78 Å². The Bertz CT molecular complexity index is 1240. The number of amides is 1. The van der Waals surface area contributed by atoms with Crippen LogP contribution in [0, 0.1) is 0 Å². The van der Waals surface area contributed by atoms with E-state index in [0.29, 0.717) is 34.0 Å². The topological polar surface area (TPSA) is 56.2 Å². The van der Waals surface area contributed by atoms with Crippen LogP contribution in [0.1, 0.15) is 21.5 Å². The quantitative estimate of drug-likeness (QED) is 0.260. The maximum atomic E-state index is 12.8. The van der Waals surface area contributed by atoms with Gasteiger partial charge in [-0.25, -0.2) is 0 Å². The van der Waals surface area contributed by atoms with Gasteiger partial charge in [0.1, 0.15) is 12.4 Å². The number of carbonyl (C=O) groups is 1. The predicted molar refractivity (Wildman–Crippen MR) is 133 cm³/mol. The molecule has 1 aromatic heterocycles. The fourth-order valence-corrected chi connectivity index (χ4v) is 3.96. The number of nitrogens with one attached hydrogen (secondary N) is 1. The van der Waals surface area contributed by atoms with E-state index >= 15 is 0 Å². The summed E-state index contributed by atoms with van der Waals surface area (Å²) in [4.78, 5) is 12.8. The van der Waals surface area contributed by atoms with Crippen LogP contribution in [0.3, 0.4) is 0 Å². The lowest BCUT2D eigenvalue weighted by atomic mass is 10.1. The van der Waals surface area contributed by atoms with Gasteiger partial charge in [-0.3, -0.25) is 9.48 Å². The molecule has 5 nitrogen and oxygen atoms in total. The zero-order valence-corrected chi connectivity index (χ0v) is 20.7. The maximum Gasteiger partial charge on any atom is 0.256 e. The number of halogens is 3. The third kappa shape index (κ3) is 6.00. The van der Waals surface area contributed by atoms with E-state index in [0.717, 1.165) is 21.3 Å². The first-order chi connectivity index (χ1) is 15.5. The summed E-state index contributed by atoms with van der Waals surface area (Å²) in [5, 5.41) is 8.03. The Morgan fingerprint density at radius 2 is 1.78 bits per heavy atom. The van der Waals surface area contributed by atoms with Gasteiger partial charge in [0, 0.05) is 21.3 Å². The van der Waals surface area contributed by atoms with Crippen molar-refractivity contribution in [3.05, 3.63) is 110 Å². The van der Waals surface area contributed by atoms with Gasteiger partial charge in [-0.1, -0.05) is 57.9 Å². The van der Waals surface area contributed by atoms with Crippen LogP contribution in [0.5, 0.6) is 5.75 Å². The van der Waals surface area contributed by atoms with E-state index in [-0.39, 0.29) is 5.91 Å². The predicted octanol–water partition coefficient (Wildman–Crippen LogP) is 6.94. The summed E-state index contributed by atoms with van der Waals surface area (Å²) in [5.41, 5.74) is 2.48. The van der Waals surface area contributed by atoms with Crippen LogP contribution < -0.4 is 10.1 Å². The van der Waals surface area contributed by atoms with Crippen molar-refractivity contribution >= 4 is 55.2 Å². The summed E-state index contributed by atoms with van der Waals surface area (Å²) >= 11 is 12.8. The first kappa shape index (κ1) is 22.6. The summed E-state index contributed by atoms with van der Waals surface area (Å²) in [7, 11) is 0. The molecule has 0 saturated carbocycles. The highest BCUT2D eigenvalue weighted by atomic mass is 79.9. The first-order valence-electron chi connectivity index (χ1n) is 9.72. The summed E-state index contributed by atoms with van der Waals surface area (Å²) in [6, 6.07) is 22.5. The molecule has 3 aromatic carbocycles. The highest BCUT2D eigenvalue weighted by molar-refractivity contribution is 9.10. The fraction of sp³-hybridized carbons (Fsp3) is 0.0833. The van der Waals surface area contributed by atoms with Gasteiger partial charge in [-0.05, 0) is 69.5 Å². The van der Waals surface area contributed by atoms with Crippen LogP contribution in [0.25, 0.3) is 0 Å². The third-order valence-corrected chi connectivity index (χ3v) is 5.92. The molecule has 0 fully saturated rings. The highest BCUT2D eigenvalue weighted by Crippen LogP contribution is 2.23. The second-order valence-electron chi connectivity index (χ2n) is 7.05. The molecule has 8 heteroatoms. The van der Waals surface area contributed by atoms with E-state index < -0.39 is 0 Å². The van der Waals surface area contributed by atoms with Crippen LogP contribution >= 0.6 is 43.5 Å². The molecule has 1 heterocycles. The molecule has 0 radical (unpaired) electrons. The SMILES string of the molecule is O=C(Nc1nn(Cc2ccc(Cl)cc2)cc1Br)c1cccc(COc2cccc(Br)c2)c1. The Balaban J connectivity index is 1.41. The van der Waals surface area contributed by atoms with Gasteiger partial charge >= 0.3 is 0 Å². The van der Waals surface area contributed by atoms with Crippen LogP contribution in [0.4, 0.5) is 5.82 Å². The van der Waals surface area contributed by atoms with E-state index in [1.54, 1.807) is 10.7 Å². The molecule has 32 heavy (non-hydrogen) atoms. The molecule has 0 aliphatic heterocycles. The first-order valence-corrected chi connectivity index (χ1v) is 11.7. The number of hydrogen-bond donors (Lipinski definition) is 1. The van der Waals surface area contributed by atoms with Crippen molar-refractivity contribution in [3.63, 3.8) is 0 Å². The second kappa shape index (κ2) is 10.3. The number of benzene rings is 3. The Hall–Kier alpha value is -2.61. The Morgan fingerprint density at radius 3 is 2.56 bits per heavy atom. The van der Waals surface area contributed by atoms with Crippen molar-refractivity contribution < 1.29 is 9.53 Å². The number of nitrogens with zero attached hydrogens (tertiary/aromatic N) is 2. The smallest absolute Gasteiger partial charge is 0.256 e. The van der Waals surface area contributed by atoms with E-state index in [9.17, 15) is 4.79 Å². The van der Waals surface area contributed by atoms with Gasteiger partial charge in [-0.15, -0.1) is 0 Å². The van der Waals surface area contributed by atoms with E-state index in [1.165, 1.54) is 0 Å². The summed E-state index contributed by atoms with van der Waals surface area (Å²) < 4.78 is 9.23. The minimum absolute atomic E-state index is 0.244. The zero-order chi connectivity index (χ0) is 22.5. The molecule has 0 bridgehead atoms. The fourth-order valence-electron chi connectivity index (χ4n) is 3.05. The Morgan fingerprint density at radius 1 is 1.00 bits per heavy atom. The van der Waals surface area contributed by atoms with Crippen molar-refractivity contribution in [2.45, 2.75) is 13.2 Å². The van der Waals surface area contributed by atoms with Crippen molar-refractivity contribution in [2.75, 3.05) is 5.32 Å². The molecule has 162 valence electrons. The standard InChI is InChI=1S/C24H18Br2ClN3O2/c25-19-5-2-6-21(12-19)32-15-17-3-1-4-18(11-17)24(31)28-23-22(26)14-30(29-23)13-16-7-9-20(27)10-8-16/h1-12,14H,13,15H2,(H,28,29,31). The number of ether oxygens (including phenoxy) is 1. The number of carbonyl (C=O) groups excluding carboxylic acids is 1. The molecule has 0 spiro atoms. The minimum Gasteiger partial charge on any atom is -0.489 e. The molecule has 0 unspecified atom stereocenters. The minimum atomic E-state index is -0.244. The molecule has 4 aromatic rings. The third-order valence-electron chi connectivity index (χ3n) is 4.60. The molecular weight excluding hydrogens is 558 g/mol. The van der Waals surface area contributed by atoms with Gasteiger partial charge < -0.3 is 10.1 Å². The van der Waals surface area contributed by atoms with Crippen LogP contribution in [-0.2, 0) is 13.2 Å². The molecule has 1 N–H and O–H groups in total. The molecule has 0 aliphatic carbocycles. The Kier molecular flexibility index (Phi) is 7.29.